The number of halogens is 3. The molecule has 2 N–H and O–H groups in total. The minimum Gasteiger partial charge on any atom is -0.349 e. The number of hydrogen-bond donors (Lipinski definition) is 2. The normalized spacial score (nSPS) is 22.3. The van der Waals surface area contributed by atoms with Crippen LogP contribution in [0.2, 0.25) is 0 Å². The summed E-state index contributed by atoms with van der Waals surface area (Å²) in [6.07, 6.45) is -4.88. The van der Waals surface area contributed by atoms with Gasteiger partial charge in [-0.25, -0.2) is 4.98 Å². The van der Waals surface area contributed by atoms with Gasteiger partial charge in [-0.05, 0) is 26.7 Å². The van der Waals surface area contributed by atoms with Crippen molar-refractivity contribution in [2.75, 3.05) is 0 Å². The Morgan fingerprint density at radius 2 is 2.09 bits per heavy atom. The van der Waals surface area contributed by atoms with Crippen LogP contribution < -0.4 is 10.6 Å². The predicted molar refractivity (Wildman–Crippen MR) is 74.1 cm³/mol. The van der Waals surface area contributed by atoms with E-state index < -0.39 is 30.0 Å². The Hall–Kier alpha value is -1.64. The third-order valence-corrected chi connectivity index (χ3v) is 4.65. The zero-order valence-corrected chi connectivity index (χ0v) is 12.9. The number of nitrogens with one attached hydrogen (secondary N) is 2. The fourth-order valence-electron chi connectivity index (χ4n) is 2.21. The Morgan fingerprint density at radius 3 is 2.59 bits per heavy atom. The highest BCUT2D eigenvalue weighted by Crippen LogP contribution is 2.28. The van der Waals surface area contributed by atoms with Gasteiger partial charge in [0.15, 0.2) is 0 Å². The lowest BCUT2D eigenvalue weighted by molar-refractivity contribution is -0.171. The van der Waals surface area contributed by atoms with E-state index in [0.29, 0.717) is 5.01 Å². The highest BCUT2D eigenvalue weighted by atomic mass is 32.1. The van der Waals surface area contributed by atoms with Crippen molar-refractivity contribution in [3.8, 4) is 0 Å². The lowest BCUT2D eigenvalue weighted by atomic mass is 9.93. The van der Waals surface area contributed by atoms with E-state index >= 15 is 0 Å². The topological polar surface area (TPSA) is 71.1 Å². The van der Waals surface area contributed by atoms with Gasteiger partial charge in [0, 0.05) is 4.88 Å². The van der Waals surface area contributed by atoms with E-state index in [9.17, 15) is 22.8 Å². The van der Waals surface area contributed by atoms with E-state index in [0.717, 1.165) is 10.6 Å². The molecular weight excluding hydrogens is 319 g/mol. The summed E-state index contributed by atoms with van der Waals surface area (Å²) in [6.45, 7) is 3.93. The van der Waals surface area contributed by atoms with Gasteiger partial charge in [-0.2, -0.15) is 13.2 Å². The number of piperidine rings is 1. The molecule has 122 valence electrons. The molecule has 2 unspecified atom stereocenters. The average molecular weight is 335 g/mol. The second-order valence-electron chi connectivity index (χ2n) is 5.20. The quantitative estimate of drug-likeness (QED) is 0.828. The summed E-state index contributed by atoms with van der Waals surface area (Å²) >= 11 is 1.43. The van der Waals surface area contributed by atoms with E-state index in [4.69, 9.17) is 0 Å². The van der Waals surface area contributed by atoms with Crippen molar-refractivity contribution in [2.24, 2.45) is 5.92 Å². The summed E-state index contributed by atoms with van der Waals surface area (Å²) in [4.78, 5) is 28.9. The van der Waals surface area contributed by atoms with E-state index in [-0.39, 0.29) is 19.4 Å². The van der Waals surface area contributed by atoms with Crippen molar-refractivity contribution < 1.29 is 22.8 Å². The number of alkyl halides is 3. The molecule has 0 saturated carbocycles. The summed E-state index contributed by atoms with van der Waals surface area (Å²) in [6, 6.07) is -1.87. The molecule has 1 aromatic heterocycles. The highest BCUT2D eigenvalue weighted by molar-refractivity contribution is 7.11. The molecule has 0 bridgehead atoms. The Kier molecular flexibility index (Phi) is 4.74. The molecule has 1 aliphatic rings. The number of hydrogen-bond acceptors (Lipinski definition) is 4. The van der Waals surface area contributed by atoms with Crippen LogP contribution in [0.1, 0.15) is 28.4 Å². The van der Waals surface area contributed by atoms with Crippen molar-refractivity contribution in [3.05, 3.63) is 15.6 Å². The maximum Gasteiger partial charge on any atom is 0.408 e. The Bertz CT molecular complexity index is 566. The number of amides is 2. The smallest absolute Gasteiger partial charge is 0.349 e. The molecule has 2 atom stereocenters. The maximum atomic E-state index is 12.5. The minimum absolute atomic E-state index is 0.113. The van der Waals surface area contributed by atoms with Gasteiger partial charge in [-0.15, -0.1) is 11.3 Å². The van der Waals surface area contributed by atoms with Gasteiger partial charge in [0.25, 0.3) is 0 Å². The summed E-state index contributed by atoms with van der Waals surface area (Å²) in [5, 5.41) is 5.12. The molecular formula is C13H16F3N3O2S. The first-order chi connectivity index (χ1) is 10.2. The molecule has 1 saturated heterocycles. The van der Waals surface area contributed by atoms with Crippen LogP contribution >= 0.6 is 11.3 Å². The molecule has 22 heavy (non-hydrogen) atoms. The summed E-state index contributed by atoms with van der Waals surface area (Å²) in [7, 11) is 0. The summed E-state index contributed by atoms with van der Waals surface area (Å²) < 4.78 is 37.6. The molecule has 1 aliphatic heterocycles. The Labute approximate surface area is 129 Å². The van der Waals surface area contributed by atoms with Gasteiger partial charge < -0.3 is 10.6 Å². The molecule has 1 aromatic rings. The second-order valence-corrected chi connectivity index (χ2v) is 6.49. The third-order valence-electron chi connectivity index (χ3n) is 3.58. The summed E-state index contributed by atoms with van der Waals surface area (Å²) in [5.41, 5.74) is 0.873. The van der Waals surface area contributed by atoms with Crippen molar-refractivity contribution in [2.45, 2.75) is 45.5 Å². The first-order valence-corrected chi connectivity index (χ1v) is 7.58. The first-order valence-electron chi connectivity index (χ1n) is 6.76. The molecule has 0 radical (unpaired) electrons. The number of carbonyl (C=O) groups excluding carboxylic acids is 2. The van der Waals surface area contributed by atoms with Crippen molar-refractivity contribution in [1.82, 2.24) is 15.6 Å². The standard InChI is InChI=1S/C13H16F3N3O2S/c1-6-7(2)22-10(18-6)5-17-11(20)8-3-4-9(13(14,15)16)19-12(8)21/h8-9H,3-5H2,1-2H3,(H,17,20)(H,19,21). The number of rotatable bonds is 3. The SMILES string of the molecule is Cc1nc(CNC(=O)C2CCC(C(F)(F)F)NC2=O)sc1C. The summed E-state index contributed by atoms with van der Waals surface area (Å²) in [5.74, 6) is -2.53. The van der Waals surface area contributed by atoms with Gasteiger partial charge in [0.2, 0.25) is 11.8 Å². The molecule has 0 spiro atoms. The predicted octanol–water partition coefficient (Wildman–Crippen LogP) is 1.83. The molecule has 9 heteroatoms. The number of nitrogens with zero attached hydrogens (tertiary/aromatic N) is 1. The van der Waals surface area contributed by atoms with Crippen LogP contribution in [0.3, 0.4) is 0 Å². The lowest BCUT2D eigenvalue weighted by Gasteiger charge is -2.29. The van der Waals surface area contributed by atoms with E-state index in [1.807, 2.05) is 19.2 Å². The third kappa shape index (κ3) is 3.76. The van der Waals surface area contributed by atoms with Gasteiger partial charge in [0.1, 0.15) is 17.0 Å². The van der Waals surface area contributed by atoms with Crippen LogP contribution in [-0.2, 0) is 16.1 Å². The van der Waals surface area contributed by atoms with Crippen molar-refractivity contribution in [1.29, 1.82) is 0 Å². The highest BCUT2D eigenvalue weighted by Gasteiger charge is 2.45. The minimum atomic E-state index is -4.48. The van der Waals surface area contributed by atoms with E-state index in [2.05, 4.69) is 10.3 Å². The van der Waals surface area contributed by atoms with Gasteiger partial charge >= 0.3 is 6.18 Å². The fraction of sp³-hybridized carbons (Fsp3) is 0.615. The van der Waals surface area contributed by atoms with Gasteiger partial charge in [-0.3, -0.25) is 9.59 Å². The van der Waals surface area contributed by atoms with Crippen LogP contribution in [0.4, 0.5) is 13.2 Å². The molecule has 2 rings (SSSR count). The van der Waals surface area contributed by atoms with Crippen molar-refractivity contribution in [3.63, 3.8) is 0 Å². The Balaban J connectivity index is 1.89. The second kappa shape index (κ2) is 6.23. The maximum absolute atomic E-state index is 12.5. The average Bonchev–Trinajstić information content (AvgIpc) is 2.74. The molecule has 1 fully saturated rings. The largest absolute Gasteiger partial charge is 0.408 e. The number of aromatic nitrogens is 1. The van der Waals surface area contributed by atoms with Crippen LogP contribution in [-0.4, -0.2) is 29.0 Å². The molecule has 0 aliphatic carbocycles. The number of carbonyl (C=O) groups is 2. The molecule has 2 amide bonds. The Morgan fingerprint density at radius 1 is 1.41 bits per heavy atom. The zero-order chi connectivity index (χ0) is 16.5. The van der Waals surface area contributed by atoms with Gasteiger partial charge in [0.05, 0.1) is 12.2 Å². The van der Waals surface area contributed by atoms with Crippen molar-refractivity contribution >= 4 is 23.2 Å². The van der Waals surface area contributed by atoms with E-state index in [1.165, 1.54) is 11.3 Å². The van der Waals surface area contributed by atoms with Crippen LogP contribution in [0.25, 0.3) is 0 Å². The molecule has 0 aromatic carbocycles. The van der Waals surface area contributed by atoms with Crippen LogP contribution in [0.15, 0.2) is 0 Å². The lowest BCUT2D eigenvalue weighted by Crippen LogP contribution is -2.54. The molecule has 2 heterocycles. The first kappa shape index (κ1) is 16.7. The number of thiazole rings is 1. The zero-order valence-electron chi connectivity index (χ0n) is 12.1. The van der Waals surface area contributed by atoms with Crippen LogP contribution in [0.5, 0.6) is 0 Å². The van der Waals surface area contributed by atoms with E-state index in [1.54, 1.807) is 0 Å². The van der Waals surface area contributed by atoms with Gasteiger partial charge in [-0.1, -0.05) is 0 Å². The fourth-order valence-corrected chi connectivity index (χ4v) is 3.08. The molecule has 5 nitrogen and oxygen atoms in total. The monoisotopic (exact) mass is 335 g/mol. The van der Waals surface area contributed by atoms with Crippen LogP contribution in [0, 0.1) is 19.8 Å². The number of aryl methyl sites for hydroxylation is 2.